The van der Waals surface area contributed by atoms with Gasteiger partial charge in [0.05, 0.1) is 19.8 Å². The van der Waals surface area contributed by atoms with Gasteiger partial charge in [0.15, 0.2) is 17.4 Å². The number of ketones is 1. The molecular weight excluding hydrogens is 352 g/mol. The van der Waals surface area contributed by atoms with Crippen LogP contribution in [0.15, 0.2) is 36.4 Å². The van der Waals surface area contributed by atoms with Gasteiger partial charge in [0.2, 0.25) is 0 Å². The maximum Gasteiger partial charge on any atom is 0.170 e. The highest BCUT2D eigenvalue weighted by molar-refractivity contribution is 6.00. The summed E-state index contributed by atoms with van der Waals surface area (Å²) in [6.07, 6.45) is 1.67. The first-order chi connectivity index (χ1) is 13.0. The Morgan fingerprint density at radius 2 is 1.93 bits per heavy atom. The number of carbonyl (C=O) groups is 1. The monoisotopic (exact) mass is 375 g/mol. The SMILES string of the molecule is COc1ccc(C(=O)[C@H]2CCCN(Cc3ccc(F)c(F)c3)C2)c(OC)c1. The van der Waals surface area contributed by atoms with Gasteiger partial charge in [-0.05, 0) is 49.2 Å². The predicted octanol–water partition coefficient (Wildman–Crippen LogP) is 4.08. The number of piperidine rings is 1. The van der Waals surface area contributed by atoms with E-state index in [-0.39, 0.29) is 11.7 Å². The van der Waals surface area contributed by atoms with Gasteiger partial charge in [-0.3, -0.25) is 9.69 Å². The van der Waals surface area contributed by atoms with Gasteiger partial charge in [-0.2, -0.15) is 0 Å². The molecule has 1 aliphatic rings. The van der Waals surface area contributed by atoms with E-state index in [1.54, 1.807) is 31.4 Å². The second kappa shape index (κ2) is 8.48. The Balaban J connectivity index is 1.72. The minimum Gasteiger partial charge on any atom is -0.497 e. The van der Waals surface area contributed by atoms with Crippen molar-refractivity contribution in [2.75, 3.05) is 27.3 Å². The van der Waals surface area contributed by atoms with Crippen molar-refractivity contribution in [3.8, 4) is 11.5 Å². The number of methoxy groups -OCH3 is 2. The van der Waals surface area contributed by atoms with Crippen LogP contribution in [0.3, 0.4) is 0 Å². The summed E-state index contributed by atoms with van der Waals surface area (Å²) in [4.78, 5) is 15.1. The lowest BCUT2D eigenvalue weighted by molar-refractivity contribution is 0.0808. The lowest BCUT2D eigenvalue weighted by Gasteiger charge is -2.32. The molecule has 27 heavy (non-hydrogen) atoms. The molecule has 0 N–H and O–H groups in total. The Morgan fingerprint density at radius 3 is 2.63 bits per heavy atom. The smallest absolute Gasteiger partial charge is 0.170 e. The van der Waals surface area contributed by atoms with Crippen LogP contribution in [0.4, 0.5) is 8.78 Å². The molecule has 0 aromatic heterocycles. The number of carbonyl (C=O) groups excluding carboxylic acids is 1. The second-order valence-electron chi connectivity index (χ2n) is 6.75. The molecule has 4 nitrogen and oxygen atoms in total. The fourth-order valence-electron chi connectivity index (χ4n) is 3.53. The van der Waals surface area contributed by atoms with E-state index >= 15 is 0 Å². The molecular formula is C21H23F2NO3. The molecule has 0 amide bonds. The number of hydrogen-bond acceptors (Lipinski definition) is 4. The van der Waals surface area contributed by atoms with Crippen molar-refractivity contribution in [2.45, 2.75) is 19.4 Å². The molecule has 1 saturated heterocycles. The van der Waals surface area contributed by atoms with E-state index in [9.17, 15) is 13.6 Å². The van der Waals surface area contributed by atoms with Crippen LogP contribution in [0.1, 0.15) is 28.8 Å². The van der Waals surface area contributed by atoms with Gasteiger partial charge in [0.25, 0.3) is 0 Å². The highest BCUT2D eigenvalue weighted by Crippen LogP contribution is 2.30. The van der Waals surface area contributed by atoms with Gasteiger partial charge in [-0.15, -0.1) is 0 Å². The number of hydrogen-bond donors (Lipinski definition) is 0. The lowest BCUT2D eigenvalue weighted by Crippen LogP contribution is -2.38. The minimum absolute atomic E-state index is 0.0319. The molecule has 0 radical (unpaired) electrons. The van der Waals surface area contributed by atoms with Gasteiger partial charge in [0.1, 0.15) is 11.5 Å². The van der Waals surface area contributed by atoms with Crippen LogP contribution >= 0.6 is 0 Å². The van der Waals surface area contributed by atoms with Crippen LogP contribution in [0, 0.1) is 17.6 Å². The summed E-state index contributed by atoms with van der Waals surface area (Å²) < 4.78 is 37.1. The fourth-order valence-corrected chi connectivity index (χ4v) is 3.53. The van der Waals surface area contributed by atoms with Crippen LogP contribution in [-0.4, -0.2) is 38.0 Å². The van der Waals surface area contributed by atoms with Crippen molar-refractivity contribution in [3.63, 3.8) is 0 Å². The zero-order valence-electron chi connectivity index (χ0n) is 15.5. The minimum atomic E-state index is -0.850. The Labute approximate surface area is 157 Å². The van der Waals surface area contributed by atoms with E-state index in [2.05, 4.69) is 4.90 Å². The summed E-state index contributed by atoms with van der Waals surface area (Å²) in [7, 11) is 3.09. The summed E-state index contributed by atoms with van der Waals surface area (Å²) in [6.45, 7) is 1.89. The average Bonchev–Trinajstić information content (AvgIpc) is 2.70. The van der Waals surface area contributed by atoms with E-state index in [0.29, 0.717) is 35.7 Å². The van der Waals surface area contributed by atoms with Crippen LogP contribution in [0.2, 0.25) is 0 Å². The topological polar surface area (TPSA) is 38.8 Å². The standard InChI is InChI=1S/C21H23F2NO3/c1-26-16-6-7-17(20(11-16)27-2)21(25)15-4-3-9-24(13-15)12-14-5-8-18(22)19(23)10-14/h5-8,10-11,15H,3-4,9,12-13H2,1-2H3/t15-/m0/s1. The van der Waals surface area contributed by atoms with Crippen molar-refractivity contribution < 1.29 is 23.0 Å². The number of halogens is 2. The quantitative estimate of drug-likeness (QED) is 0.714. The Kier molecular flexibility index (Phi) is 6.06. The molecule has 2 aromatic rings. The molecule has 1 atom stereocenters. The highest BCUT2D eigenvalue weighted by atomic mass is 19.2. The van der Waals surface area contributed by atoms with E-state index in [1.807, 2.05) is 0 Å². The van der Waals surface area contributed by atoms with Gasteiger partial charge in [-0.25, -0.2) is 8.78 Å². The van der Waals surface area contributed by atoms with E-state index in [1.165, 1.54) is 13.2 Å². The molecule has 0 spiro atoms. The number of Topliss-reactive ketones (excluding diaryl/α,β-unsaturated/α-hetero) is 1. The number of ether oxygens (including phenoxy) is 2. The Morgan fingerprint density at radius 1 is 1.11 bits per heavy atom. The van der Waals surface area contributed by atoms with Crippen LogP contribution < -0.4 is 9.47 Å². The van der Waals surface area contributed by atoms with Crippen LogP contribution in [0.25, 0.3) is 0 Å². The van der Waals surface area contributed by atoms with E-state index in [4.69, 9.17) is 9.47 Å². The van der Waals surface area contributed by atoms with Crippen molar-refractivity contribution in [1.29, 1.82) is 0 Å². The van der Waals surface area contributed by atoms with Gasteiger partial charge in [0, 0.05) is 25.1 Å². The lowest BCUT2D eigenvalue weighted by atomic mass is 9.89. The fraction of sp³-hybridized carbons (Fsp3) is 0.381. The third-order valence-corrected chi connectivity index (χ3v) is 4.94. The summed E-state index contributed by atoms with van der Waals surface area (Å²) >= 11 is 0. The zero-order chi connectivity index (χ0) is 19.4. The van der Waals surface area contributed by atoms with Crippen molar-refractivity contribution in [3.05, 3.63) is 59.2 Å². The molecule has 1 fully saturated rings. The predicted molar refractivity (Wildman–Crippen MR) is 98.2 cm³/mol. The van der Waals surface area contributed by atoms with E-state index < -0.39 is 11.6 Å². The maximum absolute atomic E-state index is 13.4. The summed E-state index contributed by atoms with van der Waals surface area (Å²) in [6, 6.07) is 9.12. The number of rotatable bonds is 6. The highest BCUT2D eigenvalue weighted by Gasteiger charge is 2.28. The number of nitrogens with zero attached hydrogens (tertiary/aromatic N) is 1. The summed E-state index contributed by atoms with van der Waals surface area (Å²) in [5.74, 6) is -0.697. The largest absolute Gasteiger partial charge is 0.497 e. The third-order valence-electron chi connectivity index (χ3n) is 4.94. The van der Waals surface area contributed by atoms with Crippen molar-refractivity contribution in [1.82, 2.24) is 4.90 Å². The van der Waals surface area contributed by atoms with Crippen LogP contribution in [-0.2, 0) is 6.54 Å². The van der Waals surface area contributed by atoms with Crippen molar-refractivity contribution in [2.24, 2.45) is 5.92 Å². The maximum atomic E-state index is 13.4. The first kappa shape index (κ1) is 19.3. The summed E-state index contributed by atoms with van der Waals surface area (Å²) in [5.41, 5.74) is 1.24. The first-order valence-corrected chi connectivity index (χ1v) is 8.94. The molecule has 0 unspecified atom stereocenters. The van der Waals surface area contributed by atoms with Gasteiger partial charge >= 0.3 is 0 Å². The zero-order valence-corrected chi connectivity index (χ0v) is 15.5. The molecule has 144 valence electrons. The molecule has 0 saturated carbocycles. The number of benzene rings is 2. The Bertz CT molecular complexity index is 825. The Hall–Kier alpha value is -2.47. The molecule has 3 rings (SSSR count). The average molecular weight is 375 g/mol. The number of likely N-dealkylation sites (tertiary alicyclic amines) is 1. The normalized spacial score (nSPS) is 17.6. The first-order valence-electron chi connectivity index (χ1n) is 8.94. The third kappa shape index (κ3) is 4.45. The molecule has 0 aliphatic carbocycles. The van der Waals surface area contributed by atoms with Gasteiger partial charge in [-0.1, -0.05) is 6.07 Å². The van der Waals surface area contributed by atoms with Crippen molar-refractivity contribution >= 4 is 5.78 Å². The molecule has 0 bridgehead atoms. The second-order valence-corrected chi connectivity index (χ2v) is 6.75. The molecule has 1 heterocycles. The van der Waals surface area contributed by atoms with Crippen LogP contribution in [0.5, 0.6) is 11.5 Å². The summed E-state index contributed by atoms with van der Waals surface area (Å²) in [5, 5.41) is 0. The molecule has 2 aromatic carbocycles. The van der Waals surface area contributed by atoms with Gasteiger partial charge < -0.3 is 9.47 Å². The molecule has 1 aliphatic heterocycles. The molecule has 6 heteroatoms. The van der Waals surface area contributed by atoms with E-state index in [0.717, 1.165) is 25.5 Å².